The van der Waals surface area contributed by atoms with Gasteiger partial charge in [0.2, 0.25) is 11.8 Å². The minimum Gasteiger partial charge on any atom is -0.444 e. The molecule has 0 saturated heterocycles. The second-order valence-electron chi connectivity index (χ2n) is 10.2. The van der Waals surface area contributed by atoms with Gasteiger partial charge in [-0.2, -0.15) is 0 Å². The van der Waals surface area contributed by atoms with Crippen LogP contribution in [0.15, 0.2) is 24.3 Å². The van der Waals surface area contributed by atoms with Gasteiger partial charge in [0.25, 0.3) is 0 Å². The maximum atomic E-state index is 13.8. The van der Waals surface area contributed by atoms with E-state index in [-0.39, 0.29) is 25.0 Å². The molecule has 2 atom stereocenters. The Morgan fingerprint density at radius 3 is 2.20 bits per heavy atom. The average molecular weight is 492 g/mol. The summed E-state index contributed by atoms with van der Waals surface area (Å²) in [6.45, 7) is 13.4. The average Bonchev–Trinajstić information content (AvgIpc) is 2.77. The van der Waals surface area contributed by atoms with Crippen molar-refractivity contribution in [2.75, 3.05) is 19.7 Å². The van der Waals surface area contributed by atoms with Gasteiger partial charge in [-0.3, -0.25) is 9.59 Å². The molecule has 0 aromatic heterocycles. The van der Waals surface area contributed by atoms with Crippen molar-refractivity contribution < 1.29 is 24.2 Å². The molecule has 3 N–H and O–H groups in total. The third-order valence-corrected chi connectivity index (χ3v) is 5.41. The number of carbonyl (C=O) groups is 3. The quantitative estimate of drug-likeness (QED) is 0.362. The van der Waals surface area contributed by atoms with E-state index in [0.717, 1.165) is 24.8 Å². The highest BCUT2D eigenvalue weighted by Gasteiger charge is 2.36. The maximum absolute atomic E-state index is 13.8. The van der Waals surface area contributed by atoms with E-state index in [2.05, 4.69) is 10.6 Å². The molecule has 1 aromatic rings. The van der Waals surface area contributed by atoms with Crippen LogP contribution < -0.4 is 10.6 Å². The lowest BCUT2D eigenvalue weighted by Crippen LogP contribution is -2.54. The van der Waals surface area contributed by atoms with E-state index >= 15 is 0 Å². The van der Waals surface area contributed by atoms with Crippen LogP contribution in [0.4, 0.5) is 4.79 Å². The van der Waals surface area contributed by atoms with Gasteiger partial charge in [-0.25, -0.2) is 4.79 Å². The summed E-state index contributed by atoms with van der Waals surface area (Å²) in [5.41, 5.74) is 1.05. The number of aryl methyl sites for hydroxylation is 1. The van der Waals surface area contributed by atoms with Gasteiger partial charge in [-0.05, 0) is 57.1 Å². The molecular weight excluding hydrogens is 446 g/mol. The Morgan fingerprint density at radius 2 is 1.71 bits per heavy atom. The number of carbonyl (C=O) groups excluding carboxylic acids is 3. The lowest BCUT2D eigenvalue weighted by molar-refractivity contribution is -0.143. The topological polar surface area (TPSA) is 108 Å². The first-order valence-corrected chi connectivity index (χ1v) is 12.7. The molecule has 0 radical (unpaired) electrons. The fourth-order valence-electron chi connectivity index (χ4n) is 3.71. The van der Waals surface area contributed by atoms with Gasteiger partial charge >= 0.3 is 6.09 Å². The van der Waals surface area contributed by atoms with E-state index in [9.17, 15) is 19.5 Å². The predicted octanol–water partition coefficient (Wildman–Crippen LogP) is 3.97. The van der Waals surface area contributed by atoms with Gasteiger partial charge in [-0.1, -0.05) is 58.4 Å². The molecule has 0 aliphatic heterocycles. The van der Waals surface area contributed by atoms with Gasteiger partial charge < -0.3 is 25.4 Å². The molecule has 0 saturated carbocycles. The number of benzene rings is 1. The van der Waals surface area contributed by atoms with E-state index < -0.39 is 29.7 Å². The van der Waals surface area contributed by atoms with Crippen molar-refractivity contribution in [1.29, 1.82) is 0 Å². The van der Waals surface area contributed by atoms with Gasteiger partial charge in [0.05, 0.1) is 6.61 Å². The van der Waals surface area contributed by atoms with Crippen LogP contribution in [0.3, 0.4) is 0 Å². The smallest absolute Gasteiger partial charge is 0.408 e. The number of nitrogens with one attached hydrogen (secondary N) is 2. The third kappa shape index (κ3) is 10.7. The molecule has 1 rings (SSSR count). The summed E-state index contributed by atoms with van der Waals surface area (Å²) >= 11 is 0. The second-order valence-corrected chi connectivity index (χ2v) is 10.2. The Bertz CT molecular complexity index is 802. The molecule has 35 heavy (non-hydrogen) atoms. The van der Waals surface area contributed by atoms with Gasteiger partial charge in [0.1, 0.15) is 17.7 Å². The fraction of sp³-hybridized carbons (Fsp3) is 0.667. The monoisotopic (exact) mass is 491 g/mol. The normalized spacial score (nSPS) is 13.2. The SMILES string of the molecule is CCCCNC(=O)C(c1ccc(CC)cc1)N(CCO)C(=O)C(CC(C)C)NC(=O)OC(C)(C)C. The summed E-state index contributed by atoms with van der Waals surface area (Å²) in [6.07, 6.45) is 2.25. The van der Waals surface area contributed by atoms with Crippen molar-refractivity contribution in [3.63, 3.8) is 0 Å². The summed E-state index contributed by atoms with van der Waals surface area (Å²) < 4.78 is 5.37. The molecule has 198 valence electrons. The largest absolute Gasteiger partial charge is 0.444 e. The van der Waals surface area contributed by atoms with Crippen molar-refractivity contribution in [2.24, 2.45) is 5.92 Å². The van der Waals surface area contributed by atoms with Crippen LogP contribution in [0.2, 0.25) is 0 Å². The Kier molecular flexibility index (Phi) is 12.8. The number of unbranched alkanes of at least 4 members (excludes halogenated alkanes) is 1. The summed E-state index contributed by atoms with van der Waals surface area (Å²) in [5, 5.41) is 15.4. The number of alkyl carbamates (subject to hydrolysis) is 1. The van der Waals surface area contributed by atoms with Crippen LogP contribution in [-0.4, -0.2) is 59.3 Å². The molecule has 3 amide bonds. The number of nitrogens with zero attached hydrogens (tertiary/aromatic N) is 1. The number of aliphatic hydroxyl groups is 1. The van der Waals surface area contributed by atoms with Crippen LogP contribution in [0, 0.1) is 5.92 Å². The highest BCUT2D eigenvalue weighted by molar-refractivity contribution is 5.92. The number of ether oxygens (including phenoxy) is 1. The molecule has 0 spiro atoms. The zero-order valence-electron chi connectivity index (χ0n) is 22.5. The third-order valence-electron chi connectivity index (χ3n) is 5.41. The standard InChI is InChI=1S/C27H45N3O5/c1-8-10-15-28-24(32)23(21-13-11-20(9-2)12-14-21)30(16-17-31)25(33)22(18-19(3)4)29-26(34)35-27(5,6)7/h11-14,19,22-23,31H,8-10,15-18H2,1-7H3,(H,28,32)(H,29,34). The summed E-state index contributed by atoms with van der Waals surface area (Å²) in [7, 11) is 0. The Hall–Kier alpha value is -2.61. The first kappa shape index (κ1) is 30.4. The number of rotatable bonds is 13. The number of hydrogen-bond acceptors (Lipinski definition) is 5. The van der Waals surface area contributed by atoms with Crippen LogP contribution in [0.25, 0.3) is 0 Å². The summed E-state index contributed by atoms with van der Waals surface area (Å²) in [6, 6.07) is 5.73. The first-order valence-electron chi connectivity index (χ1n) is 12.7. The van der Waals surface area contributed by atoms with Crippen molar-refractivity contribution in [3.8, 4) is 0 Å². The number of amides is 3. The molecule has 0 fully saturated rings. The minimum atomic E-state index is -0.937. The zero-order valence-corrected chi connectivity index (χ0v) is 22.5. The van der Waals surface area contributed by atoms with Crippen molar-refractivity contribution in [3.05, 3.63) is 35.4 Å². The molecule has 0 aliphatic rings. The molecule has 1 aromatic carbocycles. The number of hydrogen-bond donors (Lipinski definition) is 3. The maximum Gasteiger partial charge on any atom is 0.408 e. The van der Waals surface area contributed by atoms with Crippen LogP contribution in [0.1, 0.15) is 84.9 Å². The lowest BCUT2D eigenvalue weighted by Gasteiger charge is -2.34. The summed E-state index contributed by atoms with van der Waals surface area (Å²) in [5.74, 6) is -0.658. The van der Waals surface area contributed by atoms with Gasteiger partial charge in [0, 0.05) is 13.1 Å². The molecule has 0 bridgehead atoms. The van der Waals surface area contributed by atoms with Crippen molar-refractivity contribution >= 4 is 17.9 Å². The molecule has 8 nitrogen and oxygen atoms in total. The van der Waals surface area contributed by atoms with Gasteiger partial charge in [-0.15, -0.1) is 0 Å². The molecule has 8 heteroatoms. The fourth-order valence-corrected chi connectivity index (χ4v) is 3.71. The van der Waals surface area contributed by atoms with Crippen LogP contribution in [0.5, 0.6) is 0 Å². The predicted molar refractivity (Wildman–Crippen MR) is 138 cm³/mol. The van der Waals surface area contributed by atoms with E-state index in [0.29, 0.717) is 18.5 Å². The molecule has 0 aliphatic carbocycles. The lowest BCUT2D eigenvalue weighted by atomic mass is 9.98. The summed E-state index contributed by atoms with van der Waals surface area (Å²) in [4.78, 5) is 41.0. The van der Waals surface area contributed by atoms with Crippen LogP contribution in [-0.2, 0) is 20.7 Å². The Balaban J connectivity index is 3.37. The highest BCUT2D eigenvalue weighted by Crippen LogP contribution is 2.24. The minimum absolute atomic E-state index is 0.0508. The Labute approximate surface area is 210 Å². The molecule has 0 heterocycles. The van der Waals surface area contributed by atoms with E-state index in [1.807, 2.05) is 52.0 Å². The highest BCUT2D eigenvalue weighted by atomic mass is 16.6. The first-order chi connectivity index (χ1) is 16.4. The van der Waals surface area contributed by atoms with Crippen molar-refractivity contribution in [2.45, 2.75) is 91.8 Å². The number of aliphatic hydroxyl groups excluding tert-OH is 1. The van der Waals surface area contributed by atoms with E-state index in [4.69, 9.17) is 4.74 Å². The van der Waals surface area contributed by atoms with E-state index in [1.165, 1.54) is 4.90 Å². The second kappa shape index (κ2) is 14.7. The van der Waals surface area contributed by atoms with Crippen LogP contribution >= 0.6 is 0 Å². The Morgan fingerprint density at radius 1 is 1.09 bits per heavy atom. The van der Waals surface area contributed by atoms with E-state index in [1.54, 1.807) is 20.8 Å². The molecular formula is C27H45N3O5. The van der Waals surface area contributed by atoms with Gasteiger partial charge in [0.15, 0.2) is 0 Å². The van der Waals surface area contributed by atoms with Crippen molar-refractivity contribution in [1.82, 2.24) is 15.5 Å². The zero-order chi connectivity index (χ0) is 26.6. The molecule has 2 unspecified atom stereocenters.